The molecule has 0 bridgehead atoms. The van der Waals surface area contributed by atoms with Gasteiger partial charge in [0.15, 0.2) is 0 Å². The van der Waals surface area contributed by atoms with Crippen molar-refractivity contribution in [1.29, 1.82) is 0 Å². The lowest BCUT2D eigenvalue weighted by Gasteiger charge is -2.08. The first kappa shape index (κ1) is 18.3. The zero-order valence-electron chi connectivity index (χ0n) is 13.5. The SMILES string of the molecule is COc1ccc2cc(/C(C)=N/OCCN(C)C)ccc2c1.Cl. The fraction of sp³-hybridized carbons (Fsp3) is 0.353. The average Bonchev–Trinajstić information content (AvgIpc) is 2.50. The quantitative estimate of drug-likeness (QED) is 0.463. The molecule has 0 unspecified atom stereocenters. The van der Waals surface area contributed by atoms with Crippen LogP contribution < -0.4 is 4.74 Å². The standard InChI is InChI=1S/C17H22N2O2.ClH/c1-13(18-21-10-9-19(2)3)14-5-6-16-12-17(20-4)8-7-15(16)11-14;/h5-8,11-12H,9-10H2,1-4H3;1H/b18-13+;. The molecule has 0 aliphatic carbocycles. The number of halogens is 1. The molecule has 2 rings (SSSR count). The molecule has 0 radical (unpaired) electrons. The molecule has 0 fully saturated rings. The second-order valence-corrected chi connectivity index (χ2v) is 5.24. The highest BCUT2D eigenvalue weighted by molar-refractivity contribution is 6.01. The molecule has 0 aromatic heterocycles. The van der Waals surface area contributed by atoms with Gasteiger partial charge in [-0.1, -0.05) is 23.4 Å². The van der Waals surface area contributed by atoms with Gasteiger partial charge in [0.2, 0.25) is 0 Å². The largest absolute Gasteiger partial charge is 0.497 e. The number of oxime groups is 1. The maximum Gasteiger partial charge on any atom is 0.129 e. The summed E-state index contributed by atoms with van der Waals surface area (Å²) in [6.45, 7) is 3.41. The summed E-state index contributed by atoms with van der Waals surface area (Å²) in [6, 6.07) is 12.3. The van der Waals surface area contributed by atoms with Crippen LogP contribution >= 0.6 is 12.4 Å². The molecule has 2 aromatic rings. The predicted molar refractivity (Wildman–Crippen MR) is 94.5 cm³/mol. The van der Waals surface area contributed by atoms with Gasteiger partial charge in [-0.25, -0.2) is 0 Å². The van der Waals surface area contributed by atoms with Crippen molar-refractivity contribution in [2.75, 3.05) is 34.4 Å². The molecule has 0 aliphatic rings. The topological polar surface area (TPSA) is 34.1 Å². The third-order valence-corrected chi connectivity index (χ3v) is 3.30. The molecular weight excluding hydrogens is 300 g/mol. The van der Waals surface area contributed by atoms with Crippen molar-refractivity contribution in [2.24, 2.45) is 5.16 Å². The van der Waals surface area contributed by atoms with E-state index in [-0.39, 0.29) is 12.4 Å². The number of fused-ring (bicyclic) bond motifs is 1. The predicted octanol–water partition coefficient (Wildman–Crippen LogP) is 3.57. The van der Waals surface area contributed by atoms with Crippen molar-refractivity contribution in [3.05, 3.63) is 42.0 Å². The molecule has 4 nitrogen and oxygen atoms in total. The van der Waals surface area contributed by atoms with E-state index in [4.69, 9.17) is 9.57 Å². The normalized spacial score (nSPS) is 11.4. The van der Waals surface area contributed by atoms with Crippen LogP contribution in [0.25, 0.3) is 10.8 Å². The number of ether oxygens (including phenoxy) is 1. The minimum atomic E-state index is 0. The highest BCUT2D eigenvalue weighted by atomic mass is 35.5. The molecule has 0 spiro atoms. The number of nitrogens with zero attached hydrogens (tertiary/aromatic N) is 2. The summed E-state index contributed by atoms with van der Waals surface area (Å²) in [5, 5.41) is 6.49. The zero-order valence-corrected chi connectivity index (χ0v) is 14.3. The van der Waals surface area contributed by atoms with Crippen LogP contribution in [0.15, 0.2) is 41.6 Å². The Labute approximate surface area is 138 Å². The Morgan fingerprint density at radius 3 is 2.45 bits per heavy atom. The minimum absolute atomic E-state index is 0. The van der Waals surface area contributed by atoms with E-state index >= 15 is 0 Å². The van der Waals surface area contributed by atoms with Crippen molar-refractivity contribution < 1.29 is 9.57 Å². The highest BCUT2D eigenvalue weighted by Crippen LogP contribution is 2.22. The van der Waals surface area contributed by atoms with Gasteiger partial charge in [0.25, 0.3) is 0 Å². The first-order valence-electron chi connectivity index (χ1n) is 6.99. The Balaban J connectivity index is 0.00000242. The molecule has 0 saturated heterocycles. The summed E-state index contributed by atoms with van der Waals surface area (Å²) >= 11 is 0. The molecule has 0 saturated carbocycles. The first-order chi connectivity index (χ1) is 10.1. The molecule has 22 heavy (non-hydrogen) atoms. The first-order valence-corrected chi connectivity index (χ1v) is 6.99. The van der Waals surface area contributed by atoms with Crippen molar-refractivity contribution in [2.45, 2.75) is 6.92 Å². The van der Waals surface area contributed by atoms with Crippen LogP contribution in [0.2, 0.25) is 0 Å². The third-order valence-electron chi connectivity index (χ3n) is 3.30. The monoisotopic (exact) mass is 322 g/mol. The summed E-state index contributed by atoms with van der Waals surface area (Å²) in [7, 11) is 5.70. The second-order valence-electron chi connectivity index (χ2n) is 5.24. The Hall–Kier alpha value is -1.78. The molecule has 5 heteroatoms. The lowest BCUT2D eigenvalue weighted by Crippen LogP contribution is -2.17. The fourth-order valence-corrected chi connectivity index (χ4v) is 1.99. The van der Waals surface area contributed by atoms with Crippen LogP contribution in [0.1, 0.15) is 12.5 Å². The summed E-state index contributed by atoms with van der Waals surface area (Å²) < 4.78 is 5.24. The number of methoxy groups -OCH3 is 1. The van der Waals surface area contributed by atoms with Crippen LogP contribution in [-0.4, -0.2) is 45.0 Å². The Kier molecular flexibility index (Phi) is 7.15. The Bertz CT molecular complexity index is 642. The molecule has 0 aliphatic heterocycles. The van der Waals surface area contributed by atoms with Gasteiger partial charge in [-0.05, 0) is 55.6 Å². The van der Waals surface area contributed by atoms with Crippen molar-refractivity contribution in [1.82, 2.24) is 4.90 Å². The number of likely N-dealkylation sites (N-methyl/N-ethyl adjacent to an activating group) is 1. The van der Waals surface area contributed by atoms with E-state index < -0.39 is 0 Å². The van der Waals surface area contributed by atoms with Gasteiger partial charge >= 0.3 is 0 Å². The average molecular weight is 323 g/mol. The van der Waals surface area contributed by atoms with Gasteiger partial charge in [0.05, 0.1) is 12.8 Å². The number of rotatable bonds is 6. The van der Waals surface area contributed by atoms with Gasteiger partial charge in [0.1, 0.15) is 12.4 Å². The summed E-state index contributed by atoms with van der Waals surface area (Å²) in [5.41, 5.74) is 1.95. The minimum Gasteiger partial charge on any atom is -0.497 e. The molecule has 0 N–H and O–H groups in total. The fourth-order valence-electron chi connectivity index (χ4n) is 1.99. The number of hydrogen-bond acceptors (Lipinski definition) is 4. The van der Waals surface area contributed by atoms with E-state index in [0.29, 0.717) is 6.61 Å². The lowest BCUT2D eigenvalue weighted by molar-refractivity contribution is 0.126. The lowest BCUT2D eigenvalue weighted by atomic mass is 10.0. The third kappa shape index (κ3) is 4.90. The zero-order chi connectivity index (χ0) is 15.2. The number of benzene rings is 2. The van der Waals surface area contributed by atoms with Crippen LogP contribution in [0.4, 0.5) is 0 Å². The molecule has 2 aromatic carbocycles. The number of hydrogen-bond donors (Lipinski definition) is 0. The molecule has 0 amide bonds. The molecule has 120 valence electrons. The van der Waals surface area contributed by atoms with E-state index in [1.54, 1.807) is 7.11 Å². The van der Waals surface area contributed by atoms with Crippen LogP contribution in [0.5, 0.6) is 5.75 Å². The van der Waals surface area contributed by atoms with E-state index in [1.165, 1.54) is 0 Å². The van der Waals surface area contributed by atoms with Gasteiger partial charge < -0.3 is 14.5 Å². The van der Waals surface area contributed by atoms with Crippen LogP contribution in [-0.2, 0) is 4.84 Å². The van der Waals surface area contributed by atoms with Gasteiger partial charge in [0, 0.05) is 6.54 Å². The Morgan fingerprint density at radius 1 is 1.09 bits per heavy atom. The van der Waals surface area contributed by atoms with Gasteiger partial charge in [-0.3, -0.25) is 0 Å². The molecule has 0 heterocycles. The molecule has 0 atom stereocenters. The van der Waals surface area contributed by atoms with Crippen molar-refractivity contribution in [3.8, 4) is 5.75 Å². The van der Waals surface area contributed by atoms with Gasteiger partial charge in [-0.15, -0.1) is 12.4 Å². The van der Waals surface area contributed by atoms with Crippen LogP contribution in [0.3, 0.4) is 0 Å². The smallest absolute Gasteiger partial charge is 0.129 e. The van der Waals surface area contributed by atoms with Crippen molar-refractivity contribution >= 4 is 28.9 Å². The summed E-state index contributed by atoms with van der Waals surface area (Å²) in [4.78, 5) is 7.40. The van der Waals surface area contributed by atoms with Crippen LogP contribution in [0, 0.1) is 0 Å². The summed E-state index contributed by atoms with van der Waals surface area (Å²) in [5.74, 6) is 0.868. The highest BCUT2D eigenvalue weighted by Gasteiger charge is 2.02. The van der Waals surface area contributed by atoms with E-state index in [2.05, 4.69) is 34.3 Å². The van der Waals surface area contributed by atoms with Gasteiger partial charge in [-0.2, -0.15) is 0 Å². The second kappa shape index (κ2) is 8.61. The van der Waals surface area contributed by atoms with E-state index in [9.17, 15) is 0 Å². The van der Waals surface area contributed by atoms with E-state index in [0.717, 1.165) is 34.3 Å². The Morgan fingerprint density at radius 2 is 1.77 bits per heavy atom. The molecular formula is C17H23ClN2O2. The maximum absolute atomic E-state index is 5.34. The maximum atomic E-state index is 5.34. The van der Waals surface area contributed by atoms with Crippen molar-refractivity contribution in [3.63, 3.8) is 0 Å². The summed E-state index contributed by atoms with van der Waals surface area (Å²) in [6.07, 6.45) is 0. The van der Waals surface area contributed by atoms with E-state index in [1.807, 2.05) is 33.2 Å².